The highest BCUT2D eigenvalue weighted by atomic mass is 32.2. The fraction of sp³-hybridized carbons (Fsp3) is 0.581. The average Bonchev–Trinajstić information content (AvgIpc) is 3.79. The molecule has 0 unspecified atom stereocenters. The first kappa shape index (κ1) is 30.4. The Morgan fingerprint density at radius 1 is 1.11 bits per heavy atom. The van der Waals surface area contributed by atoms with Gasteiger partial charge in [0.1, 0.15) is 35.5 Å². The third kappa shape index (κ3) is 4.83. The number of fused-ring (bicyclic) bond motifs is 4. The van der Waals surface area contributed by atoms with Crippen LogP contribution in [0.15, 0.2) is 11.1 Å². The highest BCUT2D eigenvalue weighted by Gasteiger charge is 2.53. The molecule has 246 valence electrons. The predicted molar refractivity (Wildman–Crippen MR) is 172 cm³/mol. The van der Waals surface area contributed by atoms with E-state index in [9.17, 15) is 23.3 Å². The van der Waals surface area contributed by atoms with Gasteiger partial charge in [-0.25, -0.2) is 12.8 Å². The Morgan fingerprint density at radius 3 is 2.62 bits per heavy atom. The molecule has 47 heavy (non-hydrogen) atoms. The maximum Gasteiger partial charge on any atom is 0.320 e. The van der Waals surface area contributed by atoms with Crippen LogP contribution in [0.3, 0.4) is 0 Å². The van der Waals surface area contributed by atoms with Crippen molar-refractivity contribution in [3.63, 3.8) is 0 Å². The molecular weight excluding hydrogens is 644 g/mol. The summed E-state index contributed by atoms with van der Waals surface area (Å²) in [5.41, 5.74) is 8.17. The molecule has 2 atom stereocenters. The Labute approximate surface area is 276 Å². The van der Waals surface area contributed by atoms with Gasteiger partial charge in [0.2, 0.25) is 0 Å². The van der Waals surface area contributed by atoms with Crippen LogP contribution in [0.25, 0.3) is 0 Å². The molecule has 5 aliphatic rings. The van der Waals surface area contributed by atoms with Crippen LogP contribution in [0.4, 0.5) is 21.0 Å². The highest BCUT2D eigenvalue weighted by molar-refractivity contribution is 7.90. The zero-order chi connectivity index (χ0) is 32.7. The zero-order valence-electron chi connectivity index (χ0n) is 26.1. The lowest BCUT2D eigenvalue weighted by atomic mass is 9.74. The van der Waals surface area contributed by atoms with Crippen LogP contribution in [0, 0.1) is 22.7 Å². The molecule has 3 saturated heterocycles. The SMILES string of the molecule is CS(=O)(=O)c1cc2n(n1)CCCN(c1nc(OC[C@@]34CCCN3C[C@H](F)C4)nc(N3CC4(CCc5sc(N)c(C#N)c54)C3)c1C#N)C2. The molecule has 1 aliphatic carbocycles. The first-order valence-corrected chi connectivity index (χ1v) is 18.7. The summed E-state index contributed by atoms with van der Waals surface area (Å²) in [5, 5.41) is 25.4. The van der Waals surface area contributed by atoms with Crippen LogP contribution in [-0.4, -0.2) is 90.4 Å². The van der Waals surface area contributed by atoms with Gasteiger partial charge >= 0.3 is 6.01 Å². The summed E-state index contributed by atoms with van der Waals surface area (Å²) in [6, 6.07) is 6.38. The number of aromatic nitrogens is 4. The van der Waals surface area contributed by atoms with Gasteiger partial charge < -0.3 is 20.3 Å². The Bertz CT molecular complexity index is 1970. The van der Waals surface area contributed by atoms with E-state index in [2.05, 4.69) is 27.0 Å². The standard InChI is InChI=1S/C31H35FN10O3S2/c1-47(43,44)24-10-20-15-39(7-3-9-42(20)38-24)27-22(13-34)28(37-29(36-27)45-18-31-5-2-8-41(31)14-19(32)11-31)40-16-30(17-40)6-4-23-25(30)21(12-33)26(35)46-23/h10,19H,2-9,11,14-18,35H2,1H3/t19-,31+/m1/s1. The number of nitrogen functional groups attached to an aromatic ring is 1. The van der Waals surface area contributed by atoms with Crippen molar-refractivity contribution in [3.8, 4) is 18.1 Å². The smallest absolute Gasteiger partial charge is 0.320 e. The van der Waals surface area contributed by atoms with Gasteiger partial charge in [-0.15, -0.1) is 11.3 Å². The molecule has 1 spiro atoms. The highest BCUT2D eigenvalue weighted by Crippen LogP contribution is 2.53. The minimum atomic E-state index is -3.50. The number of nitriles is 2. The van der Waals surface area contributed by atoms with E-state index in [-0.39, 0.29) is 23.1 Å². The molecule has 0 amide bonds. The first-order valence-electron chi connectivity index (χ1n) is 15.9. The van der Waals surface area contributed by atoms with E-state index >= 15 is 0 Å². The lowest BCUT2D eigenvalue weighted by Gasteiger charge is -2.49. The third-order valence-electron chi connectivity index (χ3n) is 10.6. The summed E-state index contributed by atoms with van der Waals surface area (Å²) in [5.74, 6) is 0.864. The summed E-state index contributed by atoms with van der Waals surface area (Å²) in [7, 11) is -3.50. The number of anilines is 3. The van der Waals surface area contributed by atoms with Crippen LogP contribution in [0.5, 0.6) is 6.01 Å². The van der Waals surface area contributed by atoms with Gasteiger partial charge in [0.05, 0.1) is 23.3 Å². The van der Waals surface area contributed by atoms with Crippen molar-refractivity contribution >= 4 is 37.8 Å². The van der Waals surface area contributed by atoms with Crippen molar-refractivity contribution in [2.24, 2.45) is 0 Å². The van der Waals surface area contributed by atoms with E-state index in [1.54, 1.807) is 10.7 Å². The number of nitrogens with two attached hydrogens (primary N) is 1. The molecule has 3 aromatic rings. The molecule has 0 radical (unpaired) electrons. The second-order valence-electron chi connectivity index (χ2n) is 13.6. The van der Waals surface area contributed by atoms with Crippen molar-refractivity contribution in [3.05, 3.63) is 33.3 Å². The van der Waals surface area contributed by atoms with Gasteiger partial charge in [-0.1, -0.05) is 0 Å². The second-order valence-corrected chi connectivity index (χ2v) is 16.7. The first-order chi connectivity index (χ1) is 22.5. The van der Waals surface area contributed by atoms with Gasteiger partial charge in [0, 0.05) is 61.8 Å². The molecule has 7 heterocycles. The molecule has 3 fully saturated rings. The predicted octanol–water partition coefficient (Wildman–Crippen LogP) is 2.53. The van der Waals surface area contributed by atoms with Crippen LogP contribution in [0.2, 0.25) is 0 Å². The maximum absolute atomic E-state index is 14.5. The van der Waals surface area contributed by atoms with E-state index in [0.717, 1.165) is 48.9 Å². The van der Waals surface area contributed by atoms with Crippen LogP contribution in [-0.2, 0) is 34.8 Å². The van der Waals surface area contributed by atoms with Gasteiger partial charge in [-0.3, -0.25) is 9.58 Å². The van der Waals surface area contributed by atoms with Gasteiger partial charge in [-0.05, 0) is 44.2 Å². The van der Waals surface area contributed by atoms with Gasteiger partial charge in [-0.2, -0.15) is 25.6 Å². The Morgan fingerprint density at radius 2 is 1.87 bits per heavy atom. The Hall–Kier alpha value is -3.99. The lowest BCUT2D eigenvalue weighted by molar-refractivity contribution is 0.107. The molecule has 4 aliphatic heterocycles. The maximum atomic E-state index is 14.5. The van der Waals surface area contributed by atoms with E-state index in [4.69, 9.17) is 20.4 Å². The largest absolute Gasteiger partial charge is 0.461 e. The van der Waals surface area contributed by atoms with Crippen molar-refractivity contribution in [1.82, 2.24) is 24.6 Å². The molecule has 3 aromatic heterocycles. The number of rotatable bonds is 6. The van der Waals surface area contributed by atoms with E-state index in [1.165, 1.54) is 11.3 Å². The van der Waals surface area contributed by atoms with Crippen LogP contribution < -0.4 is 20.3 Å². The zero-order valence-corrected chi connectivity index (χ0v) is 27.7. The monoisotopic (exact) mass is 678 g/mol. The van der Waals surface area contributed by atoms with Crippen molar-refractivity contribution in [1.29, 1.82) is 10.5 Å². The number of halogens is 1. The van der Waals surface area contributed by atoms with Gasteiger partial charge in [0.25, 0.3) is 0 Å². The number of hydrogen-bond donors (Lipinski definition) is 1. The van der Waals surface area contributed by atoms with Gasteiger partial charge in [0.15, 0.2) is 26.5 Å². The Kier molecular flexibility index (Phi) is 6.95. The van der Waals surface area contributed by atoms with E-state index in [1.807, 2.05) is 4.90 Å². The van der Waals surface area contributed by atoms with E-state index in [0.29, 0.717) is 85.6 Å². The Balaban J connectivity index is 1.16. The molecule has 13 nitrogen and oxygen atoms in total. The summed E-state index contributed by atoms with van der Waals surface area (Å²) < 4.78 is 47.1. The van der Waals surface area contributed by atoms with Crippen molar-refractivity contribution in [2.45, 2.75) is 73.8 Å². The molecule has 0 bridgehead atoms. The number of nitrogens with zero attached hydrogens (tertiary/aromatic N) is 9. The number of hydrogen-bond acceptors (Lipinski definition) is 13. The van der Waals surface area contributed by atoms with E-state index < -0.39 is 21.5 Å². The fourth-order valence-electron chi connectivity index (χ4n) is 8.46. The quantitative estimate of drug-likeness (QED) is 0.405. The molecule has 0 aromatic carbocycles. The van der Waals surface area contributed by atoms with Crippen molar-refractivity contribution in [2.75, 3.05) is 61.1 Å². The molecule has 8 rings (SSSR count). The normalized spacial score (nSPS) is 24.7. The summed E-state index contributed by atoms with van der Waals surface area (Å²) in [4.78, 5) is 17.0. The lowest BCUT2D eigenvalue weighted by Crippen LogP contribution is -2.59. The molecule has 2 N–H and O–H groups in total. The number of aryl methyl sites for hydroxylation is 2. The van der Waals surface area contributed by atoms with Crippen molar-refractivity contribution < 1.29 is 17.5 Å². The summed E-state index contributed by atoms with van der Waals surface area (Å²) in [6.07, 6.45) is 4.87. The number of sulfone groups is 1. The second kappa shape index (κ2) is 10.8. The molecule has 16 heteroatoms. The van der Waals surface area contributed by atoms with Crippen LogP contribution >= 0.6 is 11.3 Å². The fourth-order valence-corrected chi connectivity index (χ4v) is 10.2. The average molecular weight is 679 g/mol. The number of thiophene rings is 1. The number of alkyl halides is 1. The topological polar surface area (TPSA) is 170 Å². The summed E-state index contributed by atoms with van der Waals surface area (Å²) in [6.45, 7) is 3.99. The minimum absolute atomic E-state index is 0.0120. The number of ether oxygens (including phenoxy) is 1. The minimum Gasteiger partial charge on any atom is -0.461 e. The summed E-state index contributed by atoms with van der Waals surface area (Å²) >= 11 is 1.49. The van der Waals surface area contributed by atoms with Crippen LogP contribution in [0.1, 0.15) is 59.4 Å². The molecule has 0 saturated carbocycles. The molecular formula is C31H35FN10O3S2. The third-order valence-corrected chi connectivity index (χ3v) is 12.7.